The smallest absolute Gasteiger partial charge is 0.195 e. The topological polar surface area (TPSA) is 61.4 Å². The molecule has 174 valence electrons. The molecule has 6 rings (SSSR count). The van der Waals surface area contributed by atoms with Gasteiger partial charge in [0.2, 0.25) is 0 Å². The third-order valence-electron chi connectivity index (χ3n) is 5.80. The van der Waals surface area contributed by atoms with Crippen molar-refractivity contribution in [3.8, 4) is 17.1 Å². The molecule has 1 unspecified atom stereocenters. The highest BCUT2D eigenvalue weighted by molar-refractivity contribution is 9.10. The Hall–Kier alpha value is -2.88. The molecule has 0 radical (unpaired) electrons. The lowest BCUT2D eigenvalue weighted by molar-refractivity contribution is 0.677. The van der Waals surface area contributed by atoms with Gasteiger partial charge < -0.3 is 4.57 Å². The number of rotatable bonds is 7. The summed E-state index contributed by atoms with van der Waals surface area (Å²) in [6.07, 6.45) is 0.735. The average molecular weight is 562 g/mol. The van der Waals surface area contributed by atoms with Gasteiger partial charge in [0, 0.05) is 39.7 Å². The molecule has 0 N–H and O–H groups in total. The van der Waals surface area contributed by atoms with Crippen LogP contribution in [0.1, 0.15) is 11.4 Å². The zero-order valence-electron chi connectivity index (χ0n) is 18.7. The molecule has 3 aromatic carbocycles. The first-order chi connectivity index (χ1) is 17.2. The number of aromatic nitrogens is 6. The van der Waals surface area contributed by atoms with E-state index in [9.17, 15) is 0 Å². The molecule has 3 heterocycles. The molecule has 0 amide bonds. The molecule has 0 saturated carbocycles. The lowest BCUT2D eigenvalue weighted by Crippen LogP contribution is -2.11. The monoisotopic (exact) mass is 560 g/mol. The number of fused-ring (bicyclic) bond motifs is 1. The summed E-state index contributed by atoms with van der Waals surface area (Å²) in [6, 6.07) is 29.0. The van der Waals surface area contributed by atoms with Crippen LogP contribution in [-0.4, -0.2) is 40.5 Å². The van der Waals surface area contributed by atoms with Crippen LogP contribution in [0.15, 0.2) is 99.7 Å². The molecule has 9 heteroatoms. The molecule has 1 aliphatic rings. The summed E-state index contributed by atoms with van der Waals surface area (Å²) < 4.78 is 5.47. The van der Waals surface area contributed by atoms with Gasteiger partial charge in [-0.05, 0) is 29.8 Å². The largest absolute Gasteiger partial charge is 0.301 e. The van der Waals surface area contributed by atoms with Crippen molar-refractivity contribution in [3.63, 3.8) is 0 Å². The van der Waals surface area contributed by atoms with Gasteiger partial charge >= 0.3 is 0 Å². The molecule has 5 aromatic rings. The van der Waals surface area contributed by atoms with Crippen molar-refractivity contribution >= 4 is 39.5 Å². The van der Waals surface area contributed by atoms with Crippen molar-refractivity contribution in [1.82, 2.24) is 29.5 Å². The van der Waals surface area contributed by atoms with E-state index in [1.54, 1.807) is 23.5 Å². The summed E-state index contributed by atoms with van der Waals surface area (Å²) in [5.74, 6) is 2.77. The van der Waals surface area contributed by atoms with Crippen molar-refractivity contribution in [2.75, 3.05) is 5.75 Å². The van der Waals surface area contributed by atoms with Gasteiger partial charge in [0.05, 0.1) is 0 Å². The Morgan fingerprint density at radius 2 is 1.60 bits per heavy atom. The van der Waals surface area contributed by atoms with E-state index in [2.05, 4.69) is 106 Å². The third-order valence-corrected chi connectivity index (χ3v) is 8.79. The zero-order chi connectivity index (χ0) is 23.6. The number of thioether (sulfide) groups is 2. The number of para-hydroxylation sites is 1. The van der Waals surface area contributed by atoms with Crippen LogP contribution in [0, 0.1) is 0 Å². The van der Waals surface area contributed by atoms with Crippen LogP contribution in [0.5, 0.6) is 0 Å². The van der Waals surface area contributed by atoms with Gasteiger partial charge in [-0.15, -0.1) is 20.4 Å². The highest BCUT2D eigenvalue weighted by atomic mass is 79.9. The second-order valence-corrected chi connectivity index (χ2v) is 11.4. The van der Waals surface area contributed by atoms with Crippen LogP contribution in [0.25, 0.3) is 17.1 Å². The number of hydrogen-bond donors (Lipinski definition) is 0. The number of hydrogen-bond acceptors (Lipinski definition) is 6. The van der Waals surface area contributed by atoms with Crippen LogP contribution < -0.4 is 0 Å². The number of nitrogens with zero attached hydrogens (tertiary/aromatic N) is 6. The first kappa shape index (κ1) is 22.6. The van der Waals surface area contributed by atoms with Crippen LogP contribution in [-0.2, 0) is 13.0 Å². The summed E-state index contributed by atoms with van der Waals surface area (Å²) in [6.45, 7) is 0.877. The van der Waals surface area contributed by atoms with E-state index in [4.69, 9.17) is 0 Å². The Bertz CT molecular complexity index is 1430. The molecule has 35 heavy (non-hydrogen) atoms. The van der Waals surface area contributed by atoms with Crippen LogP contribution in [0.4, 0.5) is 0 Å². The number of benzene rings is 3. The van der Waals surface area contributed by atoms with Gasteiger partial charge in [-0.25, -0.2) is 0 Å². The molecule has 0 fully saturated rings. The van der Waals surface area contributed by atoms with E-state index in [1.165, 1.54) is 5.56 Å². The van der Waals surface area contributed by atoms with Gasteiger partial charge in [-0.2, -0.15) is 0 Å². The summed E-state index contributed by atoms with van der Waals surface area (Å²) in [7, 11) is 0. The summed E-state index contributed by atoms with van der Waals surface area (Å²) >= 11 is 7.04. The minimum atomic E-state index is 0.387. The Morgan fingerprint density at radius 1 is 0.857 bits per heavy atom. The minimum absolute atomic E-state index is 0.387. The van der Waals surface area contributed by atoms with E-state index in [1.807, 2.05) is 24.3 Å². The normalized spacial score (nSPS) is 14.8. The Balaban J connectivity index is 1.21. The second kappa shape index (κ2) is 10.0. The fraction of sp³-hybridized carbons (Fsp3) is 0.154. The number of halogens is 1. The Kier molecular flexibility index (Phi) is 6.45. The minimum Gasteiger partial charge on any atom is -0.301 e. The molecule has 0 saturated heterocycles. The maximum Gasteiger partial charge on any atom is 0.195 e. The lowest BCUT2D eigenvalue weighted by Gasteiger charge is -2.12. The van der Waals surface area contributed by atoms with Gasteiger partial charge in [0.1, 0.15) is 5.82 Å². The molecule has 2 aromatic heterocycles. The van der Waals surface area contributed by atoms with Gasteiger partial charge in [-0.3, -0.25) is 4.57 Å². The SMILES string of the molecule is Brc1ccc(-c2nnc3n2CC(CSc2nnc(Cc4ccccc4)n2-c2ccccc2)S3)cc1. The molecule has 6 nitrogen and oxygen atoms in total. The molecule has 1 aliphatic heterocycles. The van der Waals surface area contributed by atoms with Crippen molar-refractivity contribution in [2.24, 2.45) is 0 Å². The van der Waals surface area contributed by atoms with E-state index in [0.29, 0.717) is 5.25 Å². The van der Waals surface area contributed by atoms with Crippen molar-refractivity contribution in [3.05, 3.63) is 101 Å². The quantitative estimate of drug-likeness (QED) is 0.222. The van der Waals surface area contributed by atoms with E-state index < -0.39 is 0 Å². The second-order valence-electron chi connectivity index (χ2n) is 8.21. The maximum absolute atomic E-state index is 4.59. The maximum atomic E-state index is 4.59. The summed E-state index contributed by atoms with van der Waals surface area (Å²) in [5, 5.41) is 20.3. The summed E-state index contributed by atoms with van der Waals surface area (Å²) in [4.78, 5) is 0. The lowest BCUT2D eigenvalue weighted by atomic mass is 10.1. The molecule has 0 aliphatic carbocycles. The highest BCUT2D eigenvalue weighted by Crippen LogP contribution is 2.37. The molecule has 0 bridgehead atoms. The van der Waals surface area contributed by atoms with E-state index in [-0.39, 0.29) is 0 Å². The Morgan fingerprint density at radius 3 is 2.37 bits per heavy atom. The van der Waals surface area contributed by atoms with Crippen molar-refractivity contribution < 1.29 is 0 Å². The van der Waals surface area contributed by atoms with Crippen molar-refractivity contribution in [1.29, 1.82) is 0 Å². The average Bonchev–Trinajstić information content (AvgIpc) is 3.59. The van der Waals surface area contributed by atoms with Gasteiger partial charge in [-0.1, -0.05) is 100 Å². The summed E-state index contributed by atoms with van der Waals surface area (Å²) in [5.41, 5.74) is 3.38. The Labute approximate surface area is 220 Å². The zero-order valence-corrected chi connectivity index (χ0v) is 21.9. The van der Waals surface area contributed by atoms with Crippen LogP contribution in [0.3, 0.4) is 0 Å². The molecule has 0 spiro atoms. The highest BCUT2D eigenvalue weighted by Gasteiger charge is 2.28. The van der Waals surface area contributed by atoms with Crippen molar-refractivity contribution in [2.45, 2.75) is 28.5 Å². The molecular formula is C26H21BrN6S2. The molecule has 1 atom stereocenters. The van der Waals surface area contributed by atoms with E-state index in [0.717, 1.165) is 56.4 Å². The first-order valence-corrected chi connectivity index (χ1v) is 13.9. The molecular weight excluding hydrogens is 540 g/mol. The van der Waals surface area contributed by atoms with E-state index >= 15 is 0 Å². The third kappa shape index (κ3) is 4.80. The predicted molar refractivity (Wildman–Crippen MR) is 144 cm³/mol. The first-order valence-electron chi connectivity index (χ1n) is 11.3. The van der Waals surface area contributed by atoms with Crippen LogP contribution in [0.2, 0.25) is 0 Å². The predicted octanol–water partition coefficient (Wildman–Crippen LogP) is 6.15. The standard InChI is InChI=1S/C26H21BrN6S2/c27-20-13-11-19(12-14-20)24-29-30-25-32(24)16-22(35-25)17-34-26-31-28-23(15-18-7-3-1-4-8-18)33(26)21-9-5-2-6-10-21/h1-14,22H,15-17H2. The van der Waals surface area contributed by atoms with Crippen LogP contribution >= 0.6 is 39.5 Å². The van der Waals surface area contributed by atoms with Gasteiger partial charge in [0.25, 0.3) is 0 Å². The van der Waals surface area contributed by atoms with Gasteiger partial charge in [0.15, 0.2) is 16.1 Å². The fourth-order valence-electron chi connectivity index (χ4n) is 4.12. The fourth-order valence-corrected chi connectivity index (χ4v) is 6.64.